The molecule has 0 aromatic carbocycles. The molecule has 0 spiro atoms. The van der Waals surface area contributed by atoms with Crippen molar-refractivity contribution in [2.24, 2.45) is 5.92 Å². The van der Waals surface area contributed by atoms with E-state index in [-0.39, 0.29) is 17.9 Å². The molecule has 1 fully saturated rings. The van der Waals surface area contributed by atoms with E-state index in [9.17, 15) is 9.90 Å². The molecule has 4 nitrogen and oxygen atoms in total. The second-order valence-corrected chi connectivity index (χ2v) is 4.05. The molecule has 0 aromatic rings. The molecule has 4 heteroatoms. The molecule has 2 unspecified atom stereocenters. The normalized spacial score (nSPS) is 24.0. The number of aliphatic hydroxyl groups excluding tert-OH is 1. The van der Waals surface area contributed by atoms with Crippen LogP contribution in [0.5, 0.6) is 0 Å². The minimum Gasteiger partial charge on any atom is -0.391 e. The van der Waals surface area contributed by atoms with Crippen molar-refractivity contribution in [1.82, 2.24) is 5.32 Å². The predicted molar refractivity (Wildman–Crippen MR) is 52.8 cm³/mol. The van der Waals surface area contributed by atoms with Crippen LogP contribution in [-0.2, 0) is 9.53 Å². The van der Waals surface area contributed by atoms with Crippen molar-refractivity contribution < 1.29 is 14.6 Å². The van der Waals surface area contributed by atoms with Crippen molar-refractivity contribution in [2.75, 3.05) is 13.2 Å². The molecule has 2 N–H and O–H groups in total. The van der Waals surface area contributed by atoms with Crippen LogP contribution in [0.4, 0.5) is 0 Å². The standard InChI is InChI=1S/C10H19NO3/c1-7(2)14-6-9(12)5-8-3-4-11-10(8)13/h7-9,12H,3-6H2,1-2H3,(H,11,13). The summed E-state index contributed by atoms with van der Waals surface area (Å²) in [6.07, 6.45) is 0.948. The van der Waals surface area contributed by atoms with Gasteiger partial charge in [-0.3, -0.25) is 4.79 Å². The number of amides is 1. The van der Waals surface area contributed by atoms with Gasteiger partial charge < -0.3 is 15.2 Å². The van der Waals surface area contributed by atoms with Crippen molar-refractivity contribution >= 4 is 5.91 Å². The van der Waals surface area contributed by atoms with Gasteiger partial charge >= 0.3 is 0 Å². The SMILES string of the molecule is CC(C)OCC(O)CC1CCNC1=O. The number of hydrogen-bond acceptors (Lipinski definition) is 3. The quantitative estimate of drug-likeness (QED) is 0.672. The zero-order valence-electron chi connectivity index (χ0n) is 8.82. The van der Waals surface area contributed by atoms with Gasteiger partial charge in [0.2, 0.25) is 5.91 Å². The van der Waals surface area contributed by atoms with Crippen LogP contribution in [0.15, 0.2) is 0 Å². The first-order chi connectivity index (χ1) is 6.59. The molecule has 14 heavy (non-hydrogen) atoms. The fourth-order valence-corrected chi connectivity index (χ4v) is 1.57. The summed E-state index contributed by atoms with van der Waals surface area (Å²) >= 11 is 0. The molecule has 82 valence electrons. The Labute approximate surface area is 84.6 Å². The Kier molecular flexibility index (Phi) is 4.35. The maximum atomic E-state index is 11.2. The summed E-state index contributed by atoms with van der Waals surface area (Å²) in [5, 5.41) is 12.3. The minimum absolute atomic E-state index is 0.0271. The van der Waals surface area contributed by atoms with Crippen LogP contribution < -0.4 is 5.32 Å². The summed E-state index contributed by atoms with van der Waals surface area (Å²) in [5.74, 6) is 0.0364. The van der Waals surface area contributed by atoms with Crippen LogP contribution in [0, 0.1) is 5.92 Å². The molecule has 0 aromatic heterocycles. The van der Waals surface area contributed by atoms with Crippen LogP contribution in [0.3, 0.4) is 0 Å². The average molecular weight is 201 g/mol. The number of rotatable bonds is 5. The van der Waals surface area contributed by atoms with Gasteiger partial charge in [0.1, 0.15) is 0 Å². The molecular formula is C10H19NO3. The predicted octanol–water partition coefficient (Wildman–Crippen LogP) is 0.298. The van der Waals surface area contributed by atoms with Crippen molar-refractivity contribution in [3.05, 3.63) is 0 Å². The Morgan fingerprint density at radius 3 is 2.86 bits per heavy atom. The highest BCUT2D eigenvalue weighted by molar-refractivity contribution is 5.80. The fraction of sp³-hybridized carbons (Fsp3) is 0.900. The lowest BCUT2D eigenvalue weighted by atomic mass is 10.0. The summed E-state index contributed by atoms with van der Waals surface area (Å²) in [5.41, 5.74) is 0. The van der Waals surface area contributed by atoms with Crippen LogP contribution in [0.1, 0.15) is 26.7 Å². The number of ether oxygens (including phenoxy) is 1. The fourth-order valence-electron chi connectivity index (χ4n) is 1.57. The first-order valence-corrected chi connectivity index (χ1v) is 5.17. The summed E-state index contributed by atoms with van der Waals surface area (Å²) in [7, 11) is 0. The summed E-state index contributed by atoms with van der Waals surface area (Å²) < 4.78 is 5.27. The van der Waals surface area contributed by atoms with E-state index in [1.54, 1.807) is 0 Å². The topological polar surface area (TPSA) is 58.6 Å². The summed E-state index contributed by atoms with van der Waals surface area (Å²) in [6.45, 7) is 4.91. The maximum Gasteiger partial charge on any atom is 0.223 e. The second kappa shape index (κ2) is 5.32. The van der Waals surface area contributed by atoms with Gasteiger partial charge in [0, 0.05) is 12.5 Å². The first-order valence-electron chi connectivity index (χ1n) is 5.17. The van der Waals surface area contributed by atoms with E-state index in [1.807, 2.05) is 13.8 Å². The highest BCUT2D eigenvalue weighted by Gasteiger charge is 2.26. The van der Waals surface area contributed by atoms with Crippen molar-refractivity contribution in [2.45, 2.75) is 38.9 Å². The van der Waals surface area contributed by atoms with E-state index in [2.05, 4.69) is 5.32 Å². The molecule has 0 aliphatic carbocycles. The van der Waals surface area contributed by atoms with Gasteiger partial charge in [-0.25, -0.2) is 0 Å². The van der Waals surface area contributed by atoms with Crippen molar-refractivity contribution in [1.29, 1.82) is 0 Å². The largest absolute Gasteiger partial charge is 0.391 e. The first kappa shape index (κ1) is 11.5. The van der Waals surface area contributed by atoms with Gasteiger partial charge in [-0.05, 0) is 26.7 Å². The van der Waals surface area contributed by atoms with E-state index in [4.69, 9.17) is 4.74 Å². The lowest BCUT2D eigenvalue weighted by Gasteiger charge is -2.15. The van der Waals surface area contributed by atoms with Crippen LogP contribution >= 0.6 is 0 Å². The average Bonchev–Trinajstić information content (AvgIpc) is 2.49. The molecule has 0 saturated carbocycles. The Bertz CT molecular complexity index is 194. The highest BCUT2D eigenvalue weighted by Crippen LogP contribution is 2.16. The van der Waals surface area contributed by atoms with Gasteiger partial charge in [-0.15, -0.1) is 0 Å². The molecule has 0 bridgehead atoms. The smallest absolute Gasteiger partial charge is 0.223 e. The number of nitrogens with one attached hydrogen (secondary N) is 1. The molecule has 1 rings (SSSR count). The third-order valence-electron chi connectivity index (χ3n) is 2.34. The molecule has 1 aliphatic rings. The Morgan fingerprint density at radius 2 is 2.36 bits per heavy atom. The summed E-state index contributed by atoms with van der Waals surface area (Å²) in [4.78, 5) is 11.2. The molecule has 0 radical (unpaired) electrons. The maximum absolute atomic E-state index is 11.2. The van der Waals surface area contributed by atoms with Crippen LogP contribution in [-0.4, -0.2) is 36.4 Å². The van der Waals surface area contributed by atoms with E-state index in [0.29, 0.717) is 13.0 Å². The van der Waals surface area contributed by atoms with Gasteiger partial charge in [0.15, 0.2) is 0 Å². The zero-order chi connectivity index (χ0) is 10.6. The molecule has 1 heterocycles. The Morgan fingerprint density at radius 1 is 1.64 bits per heavy atom. The lowest BCUT2D eigenvalue weighted by Crippen LogP contribution is -2.26. The third kappa shape index (κ3) is 3.64. The van der Waals surface area contributed by atoms with Gasteiger partial charge in [0.05, 0.1) is 18.8 Å². The van der Waals surface area contributed by atoms with Gasteiger partial charge in [-0.2, -0.15) is 0 Å². The van der Waals surface area contributed by atoms with E-state index < -0.39 is 6.10 Å². The molecule has 2 atom stereocenters. The van der Waals surface area contributed by atoms with Crippen molar-refractivity contribution in [3.63, 3.8) is 0 Å². The van der Waals surface area contributed by atoms with Crippen molar-refractivity contribution in [3.8, 4) is 0 Å². The Balaban J connectivity index is 2.19. The molecule has 1 aliphatic heterocycles. The zero-order valence-corrected chi connectivity index (χ0v) is 8.82. The molecular weight excluding hydrogens is 182 g/mol. The summed E-state index contributed by atoms with van der Waals surface area (Å²) in [6, 6.07) is 0. The number of hydrogen-bond donors (Lipinski definition) is 2. The monoisotopic (exact) mass is 201 g/mol. The highest BCUT2D eigenvalue weighted by atomic mass is 16.5. The van der Waals surface area contributed by atoms with Crippen LogP contribution in [0.25, 0.3) is 0 Å². The molecule has 1 amide bonds. The van der Waals surface area contributed by atoms with E-state index in [0.717, 1.165) is 13.0 Å². The molecule has 1 saturated heterocycles. The van der Waals surface area contributed by atoms with Crippen LogP contribution in [0.2, 0.25) is 0 Å². The van der Waals surface area contributed by atoms with Gasteiger partial charge in [0.25, 0.3) is 0 Å². The number of carbonyl (C=O) groups excluding carboxylic acids is 1. The minimum atomic E-state index is -0.522. The van der Waals surface area contributed by atoms with E-state index >= 15 is 0 Å². The second-order valence-electron chi connectivity index (χ2n) is 4.05. The number of aliphatic hydroxyl groups is 1. The van der Waals surface area contributed by atoms with E-state index in [1.165, 1.54) is 0 Å². The van der Waals surface area contributed by atoms with Gasteiger partial charge in [-0.1, -0.05) is 0 Å². The lowest BCUT2D eigenvalue weighted by molar-refractivity contribution is -0.123. The Hall–Kier alpha value is -0.610. The number of carbonyl (C=O) groups is 1. The third-order valence-corrected chi connectivity index (χ3v) is 2.34.